The maximum absolute atomic E-state index is 12.4. The first kappa shape index (κ1) is 14.7. The second-order valence-corrected chi connectivity index (χ2v) is 8.95. The molecule has 4 unspecified atom stereocenters. The quantitative estimate of drug-likeness (QED) is 0.531. The Labute approximate surface area is 133 Å². The van der Waals surface area contributed by atoms with Crippen molar-refractivity contribution in [1.29, 1.82) is 0 Å². The van der Waals surface area contributed by atoms with Crippen LogP contribution in [0.2, 0.25) is 0 Å². The fourth-order valence-electron chi connectivity index (χ4n) is 6.92. The van der Waals surface area contributed by atoms with Gasteiger partial charge < -0.3 is 5.21 Å². The molecule has 0 aromatic rings. The number of nitrogens with zero attached hydrogens (tertiary/aromatic N) is 1. The summed E-state index contributed by atoms with van der Waals surface area (Å²) in [5, 5.41) is 12.7. The number of carbonyl (C=O) groups excluding carboxylic acids is 1. The van der Waals surface area contributed by atoms with Crippen LogP contribution in [0.15, 0.2) is 5.16 Å². The highest BCUT2D eigenvalue weighted by Gasteiger charge is 2.59. The molecule has 0 heterocycles. The molecule has 0 aromatic heterocycles. The molecule has 0 aliphatic heterocycles. The molecular formula is C19H29NO2. The lowest BCUT2D eigenvalue weighted by Gasteiger charge is -2.59. The molecule has 4 rings (SSSR count). The van der Waals surface area contributed by atoms with Gasteiger partial charge in [0.2, 0.25) is 0 Å². The topological polar surface area (TPSA) is 49.7 Å². The molecule has 6 atom stereocenters. The predicted octanol–water partition coefficient (Wildman–Crippen LogP) is 4.43. The smallest absolute Gasteiger partial charge is 0.139 e. The van der Waals surface area contributed by atoms with Gasteiger partial charge in [0.1, 0.15) is 5.78 Å². The van der Waals surface area contributed by atoms with Gasteiger partial charge >= 0.3 is 0 Å². The van der Waals surface area contributed by atoms with Gasteiger partial charge in [0.15, 0.2) is 0 Å². The highest BCUT2D eigenvalue weighted by Crippen LogP contribution is 2.65. The predicted molar refractivity (Wildman–Crippen MR) is 86.0 cm³/mol. The van der Waals surface area contributed by atoms with Gasteiger partial charge in [0.05, 0.1) is 5.71 Å². The summed E-state index contributed by atoms with van der Waals surface area (Å²) in [6.45, 7) is 4.76. The molecule has 4 fully saturated rings. The second-order valence-electron chi connectivity index (χ2n) is 8.95. The largest absolute Gasteiger partial charge is 0.411 e. The molecule has 4 aliphatic rings. The van der Waals surface area contributed by atoms with Crippen LogP contribution in [0.25, 0.3) is 0 Å². The average Bonchev–Trinajstić information content (AvgIpc) is 2.82. The van der Waals surface area contributed by atoms with Crippen molar-refractivity contribution in [3.63, 3.8) is 0 Å². The van der Waals surface area contributed by atoms with Crippen molar-refractivity contribution in [2.24, 2.45) is 39.7 Å². The zero-order valence-electron chi connectivity index (χ0n) is 14.0. The van der Waals surface area contributed by atoms with Gasteiger partial charge in [-0.15, -0.1) is 0 Å². The third-order valence-electron chi connectivity index (χ3n) is 8.35. The number of rotatable bonds is 0. The van der Waals surface area contributed by atoms with Gasteiger partial charge in [0, 0.05) is 11.8 Å². The van der Waals surface area contributed by atoms with Crippen molar-refractivity contribution >= 4 is 11.5 Å². The molecular weight excluding hydrogens is 274 g/mol. The van der Waals surface area contributed by atoms with E-state index in [0.29, 0.717) is 23.0 Å². The lowest BCUT2D eigenvalue weighted by molar-refractivity contribution is -0.137. The summed E-state index contributed by atoms with van der Waals surface area (Å²) < 4.78 is 0. The van der Waals surface area contributed by atoms with Crippen molar-refractivity contribution in [1.82, 2.24) is 0 Å². The molecule has 0 aromatic carbocycles. The van der Waals surface area contributed by atoms with E-state index in [-0.39, 0.29) is 5.41 Å². The van der Waals surface area contributed by atoms with Crippen LogP contribution in [0.3, 0.4) is 0 Å². The number of ketones is 1. The third kappa shape index (κ3) is 1.80. The Hall–Kier alpha value is -0.860. The maximum atomic E-state index is 12.4. The normalized spacial score (nSPS) is 53.0. The number of hydrogen-bond acceptors (Lipinski definition) is 3. The van der Waals surface area contributed by atoms with Crippen LogP contribution in [0.1, 0.15) is 71.6 Å². The summed E-state index contributed by atoms with van der Waals surface area (Å²) in [5.74, 6) is 3.43. The standard InChI is InChI=1S/C19H29NO2/c1-18-9-7-13(20-22)11-12(18)3-4-14-15-5-6-17(21)19(15,2)10-8-16(14)18/h12,14-16,22H,3-11H2,1-2H3/b20-13+/t12?,14?,15?,16?,18-,19-/m0/s1. The highest BCUT2D eigenvalue weighted by atomic mass is 16.4. The number of fused-ring (bicyclic) bond motifs is 5. The highest BCUT2D eigenvalue weighted by molar-refractivity contribution is 5.87. The van der Waals surface area contributed by atoms with E-state index in [1.165, 1.54) is 25.7 Å². The molecule has 4 saturated carbocycles. The number of Topliss-reactive ketones (excluding diaryl/α,β-unsaturated/α-hetero) is 1. The number of oxime groups is 1. The van der Waals surface area contributed by atoms with Crippen molar-refractivity contribution in [3.05, 3.63) is 0 Å². The Bertz CT molecular complexity index is 528. The lowest BCUT2D eigenvalue weighted by atomic mass is 9.45. The van der Waals surface area contributed by atoms with Gasteiger partial charge in [-0.1, -0.05) is 19.0 Å². The molecule has 0 spiro atoms. The summed E-state index contributed by atoms with van der Waals surface area (Å²) in [5.41, 5.74) is 1.42. The fraction of sp³-hybridized carbons (Fsp3) is 0.895. The van der Waals surface area contributed by atoms with Gasteiger partial charge in [-0.3, -0.25) is 4.79 Å². The molecule has 22 heavy (non-hydrogen) atoms. The zero-order valence-corrected chi connectivity index (χ0v) is 14.0. The monoisotopic (exact) mass is 303 g/mol. The van der Waals surface area contributed by atoms with Crippen molar-refractivity contribution < 1.29 is 10.0 Å². The van der Waals surface area contributed by atoms with E-state index in [1.54, 1.807) is 0 Å². The SMILES string of the molecule is C[C@]12CC/C(=N\O)CC1CCC1C2CC[C@]2(C)C(=O)CCC12. The number of carbonyl (C=O) groups is 1. The van der Waals surface area contributed by atoms with E-state index in [1.807, 2.05) is 0 Å². The van der Waals surface area contributed by atoms with Crippen molar-refractivity contribution in [2.75, 3.05) is 0 Å². The Morgan fingerprint density at radius 3 is 2.64 bits per heavy atom. The van der Waals surface area contributed by atoms with Gasteiger partial charge in [-0.25, -0.2) is 0 Å². The number of hydrogen-bond donors (Lipinski definition) is 1. The van der Waals surface area contributed by atoms with Crippen LogP contribution in [-0.4, -0.2) is 16.7 Å². The molecule has 122 valence electrons. The van der Waals surface area contributed by atoms with Gasteiger partial charge in [-0.2, -0.15) is 0 Å². The van der Waals surface area contributed by atoms with E-state index in [2.05, 4.69) is 19.0 Å². The van der Waals surface area contributed by atoms with Crippen LogP contribution in [-0.2, 0) is 4.79 Å². The Morgan fingerprint density at radius 1 is 1.05 bits per heavy atom. The van der Waals surface area contributed by atoms with Crippen molar-refractivity contribution in [3.8, 4) is 0 Å². The first-order chi connectivity index (χ1) is 10.5. The molecule has 1 N–H and O–H groups in total. The molecule has 0 radical (unpaired) electrons. The van der Waals surface area contributed by atoms with E-state index in [0.717, 1.165) is 49.7 Å². The van der Waals surface area contributed by atoms with Gasteiger partial charge in [0.25, 0.3) is 0 Å². The molecule has 3 heteroatoms. The van der Waals surface area contributed by atoms with Crippen LogP contribution < -0.4 is 0 Å². The minimum absolute atomic E-state index is 0.00323. The minimum Gasteiger partial charge on any atom is -0.411 e. The van der Waals surface area contributed by atoms with E-state index >= 15 is 0 Å². The first-order valence-electron chi connectivity index (χ1n) is 9.22. The van der Waals surface area contributed by atoms with Gasteiger partial charge in [-0.05, 0) is 80.5 Å². The summed E-state index contributed by atoms with van der Waals surface area (Å²) in [4.78, 5) is 12.4. The lowest BCUT2D eigenvalue weighted by Crippen LogP contribution is -2.53. The molecule has 0 amide bonds. The van der Waals surface area contributed by atoms with E-state index < -0.39 is 0 Å². The van der Waals surface area contributed by atoms with Crippen molar-refractivity contribution in [2.45, 2.75) is 71.6 Å². The average molecular weight is 303 g/mol. The zero-order chi connectivity index (χ0) is 15.5. The fourth-order valence-corrected chi connectivity index (χ4v) is 6.92. The van der Waals surface area contributed by atoms with Crippen LogP contribution >= 0.6 is 0 Å². The summed E-state index contributed by atoms with van der Waals surface area (Å²) in [7, 11) is 0. The molecule has 0 bridgehead atoms. The maximum Gasteiger partial charge on any atom is 0.139 e. The Balaban J connectivity index is 1.63. The molecule has 4 aliphatic carbocycles. The Kier molecular flexibility index (Phi) is 3.22. The van der Waals surface area contributed by atoms with E-state index in [9.17, 15) is 4.79 Å². The second kappa shape index (κ2) is 4.82. The summed E-state index contributed by atoms with van der Waals surface area (Å²) >= 11 is 0. The summed E-state index contributed by atoms with van der Waals surface area (Å²) in [6, 6.07) is 0. The van der Waals surface area contributed by atoms with Crippen LogP contribution in [0, 0.1) is 34.5 Å². The molecule has 3 nitrogen and oxygen atoms in total. The Morgan fingerprint density at radius 2 is 1.86 bits per heavy atom. The third-order valence-corrected chi connectivity index (χ3v) is 8.35. The van der Waals surface area contributed by atoms with Crippen LogP contribution in [0.4, 0.5) is 0 Å². The first-order valence-corrected chi connectivity index (χ1v) is 9.22. The summed E-state index contributed by atoms with van der Waals surface area (Å²) in [6.07, 6.45) is 10.0. The minimum atomic E-state index is -0.00323. The molecule has 0 saturated heterocycles. The van der Waals surface area contributed by atoms with E-state index in [4.69, 9.17) is 5.21 Å². The van der Waals surface area contributed by atoms with Crippen LogP contribution in [0.5, 0.6) is 0 Å².